The number of hydrogen-bond donors (Lipinski definition) is 10. The van der Waals surface area contributed by atoms with Gasteiger partial charge in [0.25, 0.3) is 0 Å². The van der Waals surface area contributed by atoms with Gasteiger partial charge in [-0.15, -0.1) is 0 Å². The third-order valence-electron chi connectivity index (χ3n) is 7.29. The molecule has 6 unspecified atom stereocenters. The van der Waals surface area contributed by atoms with Crippen LogP contribution in [-0.2, 0) is 35.2 Å². The minimum absolute atomic E-state index is 0.0148. The van der Waals surface area contributed by atoms with E-state index in [1.54, 1.807) is 58.0 Å². The van der Waals surface area contributed by atoms with E-state index in [0.717, 1.165) is 5.56 Å². The molecule has 17 nitrogen and oxygen atoms in total. The summed E-state index contributed by atoms with van der Waals surface area (Å²) in [6, 6.07) is 1.69. The Kier molecular flexibility index (Phi) is 18.3. The molecule has 5 amide bonds. The minimum atomic E-state index is -1.54. The van der Waals surface area contributed by atoms with Gasteiger partial charge in [0.1, 0.15) is 30.2 Å². The molecule has 0 spiro atoms. The standard InChI is InChI=1S/C32H53N9O8/c1-17(2)14-23(31(48)49)39-29(46)24(16-42)40-27(44)21(12-9-13-36-32(34)35)37-30(47)25(18(3)4)41-28(45)22(38-26(43)19(5)33)15-20-10-7-6-8-11-20/h6-8,10-11,17-19,21-25,42H,9,12-16,33H2,1-5H3,(H,37,47)(H,38,43)(H,39,46)(H,40,44)(H,41,45)(H,48,49)(H4,34,35,36). The first kappa shape index (κ1) is 42.3. The molecule has 1 aromatic rings. The van der Waals surface area contributed by atoms with Crippen LogP contribution < -0.4 is 43.8 Å². The number of nitrogens with two attached hydrogens (primary N) is 3. The molecule has 1 aromatic carbocycles. The van der Waals surface area contributed by atoms with Crippen LogP contribution in [0.15, 0.2) is 35.3 Å². The molecule has 0 aromatic heterocycles. The molecule has 274 valence electrons. The summed E-state index contributed by atoms with van der Waals surface area (Å²) in [5, 5.41) is 32.0. The maximum atomic E-state index is 13.6. The Hall–Kier alpha value is -4.77. The highest BCUT2D eigenvalue weighted by Gasteiger charge is 2.33. The van der Waals surface area contributed by atoms with Crippen molar-refractivity contribution in [3.8, 4) is 0 Å². The molecule has 13 N–H and O–H groups in total. The van der Waals surface area contributed by atoms with E-state index in [-0.39, 0.29) is 44.1 Å². The lowest BCUT2D eigenvalue weighted by atomic mass is 10.00. The zero-order valence-electron chi connectivity index (χ0n) is 28.8. The van der Waals surface area contributed by atoms with Crippen LogP contribution in [0, 0.1) is 11.8 Å². The third kappa shape index (κ3) is 15.8. The molecular weight excluding hydrogens is 638 g/mol. The van der Waals surface area contributed by atoms with Crippen LogP contribution in [0.25, 0.3) is 0 Å². The first-order chi connectivity index (χ1) is 23.0. The molecule has 0 radical (unpaired) electrons. The van der Waals surface area contributed by atoms with E-state index in [9.17, 15) is 39.0 Å². The average molecular weight is 692 g/mol. The first-order valence-corrected chi connectivity index (χ1v) is 16.2. The molecule has 0 saturated heterocycles. The van der Waals surface area contributed by atoms with Gasteiger partial charge in [0, 0.05) is 13.0 Å². The second-order valence-electron chi connectivity index (χ2n) is 12.6. The van der Waals surface area contributed by atoms with Gasteiger partial charge in [-0.2, -0.15) is 0 Å². The number of nitrogens with zero attached hydrogens (tertiary/aromatic N) is 1. The maximum absolute atomic E-state index is 13.6. The quantitative estimate of drug-likeness (QED) is 0.0376. The summed E-state index contributed by atoms with van der Waals surface area (Å²) in [6.07, 6.45) is 0.417. The van der Waals surface area contributed by atoms with Crippen molar-refractivity contribution in [1.82, 2.24) is 26.6 Å². The number of aliphatic hydroxyl groups excluding tert-OH is 1. The Labute approximate surface area is 286 Å². The second kappa shape index (κ2) is 21.3. The third-order valence-corrected chi connectivity index (χ3v) is 7.29. The Bertz CT molecular complexity index is 1290. The van der Waals surface area contributed by atoms with Crippen molar-refractivity contribution in [2.45, 2.75) is 96.6 Å². The number of carboxylic acid groups (broad SMARTS) is 1. The van der Waals surface area contributed by atoms with Crippen LogP contribution in [0.2, 0.25) is 0 Å². The SMILES string of the molecule is CC(C)CC(NC(=O)C(CO)NC(=O)C(CCCN=C(N)N)NC(=O)C(NC(=O)C(Cc1ccccc1)NC(=O)C(C)N)C(C)C)C(=O)O. The Morgan fingerprint density at radius 1 is 0.735 bits per heavy atom. The van der Waals surface area contributed by atoms with Crippen LogP contribution in [0.5, 0.6) is 0 Å². The fourth-order valence-corrected chi connectivity index (χ4v) is 4.62. The molecule has 49 heavy (non-hydrogen) atoms. The first-order valence-electron chi connectivity index (χ1n) is 16.2. The van der Waals surface area contributed by atoms with Crippen LogP contribution in [0.1, 0.15) is 59.4 Å². The molecule has 0 heterocycles. The molecule has 0 saturated carbocycles. The van der Waals surface area contributed by atoms with Crippen LogP contribution in [0.4, 0.5) is 0 Å². The van der Waals surface area contributed by atoms with Gasteiger partial charge in [-0.3, -0.25) is 29.0 Å². The number of guanidine groups is 1. The van der Waals surface area contributed by atoms with Gasteiger partial charge < -0.3 is 54.0 Å². The molecule has 0 aliphatic carbocycles. The Morgan fingerprint density at radius 3 is 1.78 bits per heavy atom. The van der Waals surface area contributed by atoms with Crippen molar-refractivity contribution in [2.24, 2.45) is 34.0 Å². The normalized spacial score (nSPS) is 14.7. The number of nitrogens with one attached hydrogen (secondary N) is 5. The van der Waals surface area contributed by atoms with E-state index in [1.807, 2.05) is 0 Å². The minimum Gasteiger partial charge on any atom is -0.480 e. The van der Waals surface area contributed by atoms with E-state index in [2.05, 4.69) is 31.6 Å². The number of carboxylic acids is 1. The van der Waals surface area contributed by atoms with Crippen molar-refractivity contribution in [2.75, 3.05) is 13.2 Å². The summed E-state index contributed by atoms with van der Waals surface area (Å²) in [6.45, 7) is 7.61. The number of rotatable bonds is 21. The monoisotopic (exact) mass is 691 g/mol. The molecule has 6 atom stereocenters. The van der Waals surface area contributed by atoms with Gasteiger partial charge in [0.15, 0.2) is 5.96 Å². The summed E-state index contributed by atoms with van der Waals surface area (Å²) in [4.78, 5) is 81.4. The Balaban J connectivity index is 3.22. The molecular formula is C32H53N9O8. The highest BCUT2D eigenvalue weighted by molar-refractivity contribution is 5.96. The summed E-state index contributed by atoms with van der Waals surface area (Å²) in [7, 11) is 0. The molecule has 0 aliphatic heterocycles. The number of benzene rings is 1. The number of amides is 5. The topological polar surface area (TPSA) is 293 Å². The van der Waals surface area contributed by atoms with Gasteiger partial charge in [-0.05, 0) is 43.6 Å². The number of carbonyl (C=O) groups excluding carboxylic acids is 5. The van der Waals surface area contributed by atoms with Crippen LogP contribution in [0.3, 0.4) is 0 Å². The van der Waals surface area contributed by atoms with Crippen molar-refractivity contribution >= 4 is 41.5 Å². The lowest BCUT2D eigenvalue weighted by Gasteiger charge is -2.28. The summed E-state index contributed by atoms with van der Waals surface area (Å²) >= 11 is 0. The second-order valence-corrected chi connectivity index (χ2v) is 12.6. The van der Waals surface area contributed by atoms with E-state index in [1.165, 1.54) is 6.92 Å². The largest absolute Gasteiger partial charge is 0.480 e. The highest BCUT2D eigenvalue weighted by Crippen LogP contribution is 2.10. The van der Waals surface area contributed by atoms with Gasteiger partial charge >= 0.3 is 5.97 Å². The lowest BCUT2D eigenvalue weighted by Crippen LogP contribution is -2.60. The van der Waals surface area contributed by atoms with Crippen molar-refractivity contribution in [3.05, 3.63) is 35.9 Å². The molecule has 1 rings (SSSR count). The number of hydrogen-bond acceptors (Lipinski definition) is 9. The number of aliphatic imine (C=N–C) groups is 1. The molecule has 0 aliphatic rings. The summed E-state index contributed by atoms with van der Waals surface area (Å²) in [5.74, 6) is -5.77. The van der Waals surface area contributed by atoms with E-state index in [0.29, 0.717) is 0 Å². The zero-order chi connectivity index (χ0) is 37.3. The molecule has 0 bridgehead atoms. The van der Waals surface area contributed by atoms with Gasteiger partial charge in [0.05, 0.1) is 12.6 Å². The van der Waals surface area contributed by atoms with Crippen molar-refractivity contribution in [3.63, 3.8) is 0 Å². The number of aliphatic carboxylic acids is 1. The maximum Gasteiger partial charge on any atom is 0.326 e. The van der Waals surface area contributed by atoms with Crippen LogP contribution in [-0.4, -0.2) is 101 Å². The number of aliphatic hydroxyl groups is 1. The summed E-state index contributed by atoms with van der Waals surface area (Å²) in [5.41, 5.74) is 17.2. The van der Waals surface area contributed by atoms with Gasteiger partial charge in [-0.25, -0.2) is 4.79 Å². The fourth-order valence-electron chi connectivity index (χ4n) is 4.62. The zero-order valence-corrected chi connectivity index (χ0v) is 28.8. The van der Waals surface area contributed by atoms with Crippen LogP contribution >= 0.6 is 0 Å². The highest BCUT2D eigenvalue weighted by atomic mass is 16.4. The van der Waals surface area contributed by atoms with Crippen molar-refractivity contribution < 1.29 is 39.0 Å². The predicted octanol–water partition coefficient (Wildman–Crippen LogP) is -2.17. The average Bonchev–Trinajstić information content (AvgIpc) is 3.02. The smallest absolute Gasteiger partial charge is 0.326 e. The lowest BCUT2D eigenvalue weighted by molar-refractivity contribution is -0.143. The van der Waals surface area contributed by atoms with E-state index >= 15 is 0 Å². The van der Waals surface area contributed by atoms with E-state index < -0.39 is 84.3 Å². The van der Waals surface area contributed by atoms with E-state index in [4.69, 9.17) is 17.2 Å². The predicted molar refractivity (Wildman–Crippen MR) is 182 cm³/mol. The molecule has 0 fully saturated rings. The number of carbonyl (C=O) groups is 6. The van der Waals surface area contributed by atoms with Gasteiger partial charge in [-0.1, -0.05) is 58.0 Å². The fraction of sp³-hybridized carbons (Fsp3) is 0.594. The molecule has 17 heteroatoms. The van der Waals surface area contributed by atoms with Gasteiger partial charge in [0.2, 0.25) is 29.5 Å². The summed E-state index contributed by atoms with van der Waals surface area (Å²) < 4.78 is 0. The Morgan fingerprint density at radius 2 is 1.27 bits per heavy atom. The van der Waals surface area contributed by atoms with Crippen molar-refractivity contribution in [1.29, 1.82) is 0 Å².